The molecule has 0 bridgehead atoms. The SMILES string of the molecule is [CH2]CC(C(=O)O)c1ccccc1. The van der Waals surface area contributed by atoms with Gasteiger partial charge < -0.3 is 5.11 Å². The van der Waals surface area contributed by atoms with Crippen LogP contribution in [0.2, 0.25) is 0 Å². The molecule has 0 aliphatic rings. The van der Waals surface area contributed by atoms with Crippen molar-refractivity contribution in [2.75, 3.05) is 0 Å². The van der Waals surface area contributed by atoms with E-state index in [1.165, 1.54) is 0 Å². The number of hydrogen-bond acceptors (Lipinski definition) is 1. The van der Waals surface area contributed by atoms with E-state index in [9.17, 15) is 4.79 Å². The molecule has 0 aliphatic heterocycles. The highest BCUT2D eigenvalue weighted by Crippen LogP contribution is 2.18. The average Bonchev–Trinajstić information content (AvgIpc) is 2.07. The first-order valence-corrected chi connectivity index (χ1v) is 3.82. The molecule has 0 fully saturated rings. The van der Waals surface area contributed by atoms with Crippen molar-refractivity contribution in [2.45, 2.75) is 12.3 Å². The van der Waals surface area contributed by atoms with Crippen LogP contribution in [0.5, 0.6) is 0 Å². The Bertz CT molecular complexity index is 254. The van der Waals surface area contributed by atoms with Crippen molar-refractivity contribution < 1.29 is 9.90 Å². The lowest BCUT2D eigenvalue weighted by Crippen LogP contribution is -2.09. The summed E-state index contributed by atoms with van der Waals surface area (Å²) in [5.74, 6) is -1.28. The number of carbonyl (C=O) groups is 1. The molecule has 1 aromatic carbocycles. The highest BCUT2D eigenvalue weighted by atomic mass is 16.4. The summed E-state index contributed by atoms with van der Waals surface area (Å²) in [5.41, 5.74) is 0.819. The summed E-state index contributed by atoms with van der Waals surface area (Å²) >= 11 is 0. The summed E-state index contributed by atoms with van der Waals surface area (Å²) in [6, 6.07) is 9.15. The molecule has 1 rings (SSSR count). The van der Waals surface area contributed by atoms with Gasteiger partial charge in [0.1, 0.15) is 0 Å². The number of benzene rings is 1. The van der Waals surface area contributed by atoms with Crippen molar-refractivity contribution in [3.63, 3.8) is 0 Å². The van der Waals surface area contributed by atoms with Gasteiger partial charge in [-0.2, -0.15) is 0 Å². The zero-order chi connectivity index (χ0) is 8.97. The third-order valence-electron chi connectivity index (χ3n) is 1.79. The van der Waals surface area contributed by atoms with Gasteiger partial charge >= 0.3 is 5.97 Å². The van der Waals surface area contributed by atoms with E-state index < -0.39 is 11.9 Å². The minimum absolute atomic E-state index is 0.388. The van der Waals surface area contributed by atoms with Crippen molar-refractivity contribution in [3.05, 3.63) is 42.8 Å². The van der Waals surface area contributed by atoms with E-state index in [1.54, 1.807) is 0 Å². The summed E-state index contributed by atoms with van der Waals surface area (Å²) in [4.78, 5) is 10.7. The van der Waals surface area contributed by atoms with Crippen LogP contribution in [0.1, 0.15) is 17.9 Å². The Kier molecular flexibility index (Phi) is 2.86. The van der Waals surface area contributed by atoms with E-state index >= 15 is 0 Å². The molecule has 1 unspecified atom stereocenters. The number of rotatable bonds is 3. The van der Waals surface area contributed by atoms with Gasteiger partial charge in [-0.1, -0.05) is 37.3 Å². The Morgan fingerprint density at radius 2 is 2.00 bits per heavy atom. The van der Waals surface area contributed by atoms with Crippen molar-refractivity contribution in [1.82, 2.24) is 0 Å². The Balaban J connectivity index is 2.88. The summed E-state index contributed by atoms with van der Waals surface area (Å²) < 4.78 is 0. The van der Waals surface area contributed by atoms with Gasteiger partial charge in [0.05, 0.1) is 5.92 Å². The Hall–Kier alpha value is -1.31. The molecule has 0 saturated heterocycles. The lowest BCUT2D eigenvalue weighted by Gasteiger charge is -2.08. The monoisotopic (exact) mass is 163 g/mol. The summed E-state index contributed by atoms with van der Waals surface area (Å²) in [6.07, 6.45) is 0.388. The highest BCUT2D eigenvalue weighted by molar-refractivity contribution is 5.76. The third-order valence-corrected chi connectivity index (χ3v) is 1.79. The molecular weight excluding hydrogens is 152 g/mol. The first kappa shape index (κ1) is 8.78. The first-order valence-electron chi connectivity index (χ1n) is 3.82. The maximum atomic E-state index is 10.7. The minimum Gasteiger partial charge on any atom is -0.481 e. The van der Waals surface area contributed by atoms with Crippen LogP contribution in [0.25, 0.3) is 0 Å². The molecule has 0 amide bonds. The van der Waals surface area contributed by atoms with Crippen molar-refractivity contribution in [3.8, 4) is 0 Å². The van der Waals surface area contributed by atoms with Crippen LogP contribution in [0.4, 0.5) is 0 Å². The first-order chi connectivity index (χ1) is 5.75. The van der Waals surface area contributed by atoms with Gasteiger partial charge in [-0.3, -0.25) is 4.79 Å². The maximum absolute atomic E-state index is 10.7. The van der Waals surface area contributed by atoms with Gasteiger partial charge in [-0.05, 0) is 12.0 Å². The summed E-state index contributed by atoms with van der Waals surface area (Å²) in [5, 5.41) is 8.79. The van der Waals surface area contributed by atoms with Gasteiger partial charge in [0.2, 0.25) is 0 Å². The quantitative estimate of drug-likeness (QED) is 0.740. The van der Waals surface area contributed by atoms with E-state index in [-0.39, 0.29) is 0 Å². The molecule has 0 spiro atoms. The second-order valence-electron chi connectivity index (χ2n) is 2.59. The summed E-state index contributed by atoms with van der Waals surface area (Å²) in [7, 11) is 0. The van der Waals surface area contributed by atoms with Crippen molar-refractivity contribution in [1.29, 1.82) is 0 Å². The van der Waals surface area contributed by atoms with Crippen LogP contribution in [0, 0.1) is 6.92 Å². The van der Waals surface area contributed by atoms with Crippen molar-refractivity contribution >= 4 is 5.97 Å². The van der Waals surface area contributed by atoms with Gasteiger partial charge in [0.25, 0.3) is 0 Å². The van der Waals surface area contributed by atoms with Gasteiger partial charge in [0, 0.05) is 0 Å². The predicted molar refractivity (Wildman–Crippen MR) is 46.8 cm³/mol. The molecule has 1 radical (unpaired) electrons. The minimum atomic E-state index is -0.809. The molecule has 12 heavy (non-hydrogen) atoms. The van der Waals surface area contributed by atoms with Crippen LogP contribution in [-0.4, -0.2) is 11.1 Å². The molecule has 1 N–H and O–H groups in total. The van der Waals surface area contributed by atoms with Crippen LogP contribution in [0.3, 0.4) is 0 Å². The molecule has 0 aliphatic carbocycles. The van der Waals surface area contributed by atoms with E-state index in [1.807, 2.05) is 30.3 Å². The summed E-state index contributed by atoms with van der Waals surface area (Å²) in [6.45, 7) is 3.60. The number of carboxylic acids is 1. The van der Waals surface area contributed by atoms with Gasteiger partial charge in [0.15, 0.2) is 0 Å². The number of carboxylic acid groups (broad SMARTS) is 1. The lowest BCUT2D eigenvalue weighted by molar-refractivity contribution is -0.138. The molecule has 2 nitrogen and oxygen atoms in total. The second-order valence-corrected chi connectivity index (χ2v) is 2.59. The standard InChI is InChI=1S/C10H11O2/c1-2-9(10(11)12)8-6-4-3-5-7-8/h3-7,9H,1-2H2,(H,11,12). The molecule has 0 saturated carbocycles. The molecule has 1 aromatic rings. The number of aliphatic carboxylic acids is 1. The van der Waals surface area contributed by atoms with Crippen LogP contribution < -0.4 is 0 Å². The fraction of sp³-hybridized carbons (Fsp3) is 0.200. The van der Waals surface area contributed by atoms with E-state index in [0.29, 0.717) is 6.42 Å². The van der Waals surface area contributed by atoms with Gasteiger partial charge in [-0.25, -0.2) is 0 Å². The van der Waals surface area contributed by atoms with E-state index in [2.05, 4.69) is 6.92 Å². The van der Waals surface area contributed by atoms with E-state index in [0.717, 1.165) is 5.56 Å². The Morgan fingerprint density at radius 1 is 1.42 bits per heavy atom. The zero-order valence-electron chi connectivity index (χ0n) is 6.73. The molecule has 63 valence electrons. The smallest absolute Gasteiger partial charge is 0.310 e. The lowest BCUT2D eigenvalue weighted by atomic mass is 9.97. The van der Waals surface area contributed by atoms with Crippen molar-refractivity contribution in [2.24, 2.45) is 0 Å². The van der Waals surface area contributed by atoms with Gasteiger partial charge in [-0.15, -0.1) is 0 Å². The highest BCUT2D eigenvalue weighted by Gasteiger charge is 2.16. The largest absolute Gasteiger partial charge is 0.481 e. The number of hydrogen-bond donors (Lipinski definition) is 1. The molecular formula is C10H11O2. The van der Waals surface area contributed by atoms with E-state index in [4.69, 9.17) is 5.11 Å². The Morgan fingerprint density at radius 3 is 2.42 bits per heavy atom. The fourth-order valence-corrected chi connectivity index (χ4v) is 1.12. The Labute approximate surface area is 71.8 Å². The molecule has 0 aromatic heterocycles. The predicted octanol–water partition coefficient (Wildman–Crippen LogP) is 2.08. The normalized spacial score (nSPS) is 12.4. The van der Waals surface area contributed by atoms with Crippen LogP contribution in [-0.2, 0) is 4.79 Å². The van der Waals surface area contributed by atoms with Crippen LogP contribution in [0.15, 0.2) is 30.3 Å². The topological polar surface area (TPSA) is 37.3 Å². The average molecular weight is 163 g/mol. The maximum Gasteiger partial charge on any atom is 0.310 e. The third kappa shape index (κ3) is 1.84. The zero-order valence-corrected chi connectivity index (χ0v) is 6.73. The molecule has 1 atom stereocenters. The molecule has 0 heterocycles. The molecule has 2 heteroatoms. The second kappa shape index (κ2) is 3.90. The van der Waals surface area contributed by atoms with Crippen LogP contribution >= 0.6 is 0 Å². The fourth-order valence-electron chi connectivity index (χ4n) is 1.12.